The lowest BCUT2D eigenvalue weighted by atomic mass is 10.1. The van der Waals surface area contributed by atoms with Crippen LogP contribution in [0.3, 0.4) is 0 Å². The topological polar surface area (TPSA) is 79.6 Å². The summed E-state index contributed by atoms with van der Waals surface area (Å²) >= 11 is 1.68. The molecule has 31 heavy (non-hydrogen) atoms. The first-order valence-corrected chi connectivity index (χ1v) is 11.5. The standard InChI is InChI=1S/C22H24FN5O2S/c1-14-6-7-18(16(23)11-14)28-13-15(12-20(28)29)22(30)24-17(8-10-31-2)21-26-25-19-5-3-4-9-27(19)21/h3-7,9,11,15,17H,8,10,12-13H2,1-2H3,(H,24,30). The summed E-state index contributed by atoms with van der Waals surface area (Å²) in [5.74, 6) is -0.00876. The smallest absolute Gasteiger partial charge is 0.227 e. The Balaban J connectivity index is 1.52. The second-order valence-electron chi connectivity index (χ2n) is 7.69. The summed E-state index contributed by atoms with van der Waals surface area (Å²) in [5, 5.41) is 11.5. The number of benzene rings is 1. The van der Waals surface area contributed by atoms with Crippen LogP contribution >= 0.6 is 11.8 Å². The predicted molar refractivity (Wildman–Crippen MR) is 118 cm³/mol. The van der Waals surface area contributed by atoms with Gasteiger partial charge in [0.2, 0.25) is 11.8 Å². The largest absolute Gasteiger partial charge is 0.346 e. The van der Waals surface area contributed by atoms with Gasteiger partial charge in [0.1, 0.15) is 5.82 Å². The van der Waals surface area contributed by atoms with E-state index in [0.29, 0.717) is 17.9 Å². The van der Waals surface area contributed by atoms with E-state index in [1.807, 2.05) is 35.1 Å². The number of nitrogens with one attached hydrogen (secondary N) is 1. The molecule has 2 atom stereocenters. The van der Waals surface area contributed by atoms with Gasteiger partial charge in [-0.1, -0.05) is 12.1 Å². The molecule has 1 aromatic carbocycles. The number of carbonyl (C=O) groups excluding carboxylic acids is 2. The molecule has 2 aromatic heterocycles. The van der Waals surface area contributed by atoms with Crippen LogP contribution in [0.25, 0.3) is 5.65 Å². The Hall–Kier alpha value is -2.94. The zero-order valence-electron chi connectivity index (χ0n) is 17.4. The second-order valence-corrected chi connectivity index (χ2v) is 8.68. The van der Waals surface area contributed by atoms with Crippen LogP contribution in [0.2, 0.25) is 0 Å². The summed E-state index contributed by atoms with van der Waals surface area (Å²) in [7, 11) is 0. The summed E-state index contributed by atoms with van der Waals surface area (Å²) in [6.07, 6.45) is 4.60. The molecule has 7 nitrogen and oxygen atoms in total. The van der Waals surface area contributed by atoms with Crippen molar-refractivity contribution in [2.75, 3.05) is 23.5 Å². The van der Waals surface area contributed by atoms with Gasteiger partial charge in [0, 0.05) is 19.2 Å². The van der Waals surface area contributed by atoms with Gasteiger partial charge in [-0.2, -0.15) is 11.8 Å². The van der Waals surface area contributed by atoms with Crippen molar-refractivity contribution in [1.82, 2.24) is 19.9 Å². The lowest BCUT2D eigenvalue weighted by molar-refractivity contribution is -0.127. The Morgan fingerprint density at radius 3 is 2.94 bits per heavy atom. The lowest BCUT2D eigenvalue weighted by Crippen LogP contribution is -2.36. The van der Waals surface area contributed by atoms with Crippen LogP contribution in [-0.2, 0) is 9.59 Å². The maximum atomic E-state index is 14.4. The van der Waals surface area contributed by atoms with Gasteiger partial charge in [-0.25, -0.2) is 4.39 Å². The van der Waals surface area contributed by atoms with Gasteiger partial charge in [0.25, 0.3) is 0 Å². The van der Waals surface area contributed by atoms with E-state index in [9.17, 15) is 14.0 Å². The van der Waals surface area contributed by atoms with Crippen molar-refractivity contribution in [3.8, 4) is 0 Å². The highest BCUT2D eigenvalue weighted by Crippen LogP contribution is 2.29. The van der Waals surface area contributed by atoms with Crippen molar-refractivity contribution >= 4 is 34.9 Å². The number of carbonyl (C=O) groups is 2. The van der Waals surface area contributed by atoms with E-state index in [0.717, 1.165) is 11.3 Å². The molecule has 2 amide bonds. The van der Waals surface area contributed by atoms with Gasteiger partial charge in [-0.15, -0.1) is 10.2 Å². The molecule has 0 radical (unpaired) electrons. The molecule has 162 valence electrons. The van der Waals surface area contributed by atoms with Crippen LogP contribution in [0.15, 0.2) is 42.6 Å². The fraction of sp³-hybridized carbons (Fsp3) is 0.364. The Morgan fingerprint density at radius 1 is 1.32 bits per heavy atom. The van der Waals surface area contributed by atoms with Crippen LogP contribution in [-0.4, -0.2) is 45.0 Å². The van der Waals surface area contributed by atoms with Gasteiger partial charge in [-0.05, 0) is 55.2 Å². The van der Waals surface area contributed by atoms with E-state index >= 15 is 0 Å². The number of aromatic nitrogens is 3. The molecule has 9 heteroatoms. The third-order valence-electron chi connectivity index (χ3n) is 5.47. The summed E-state index contributed by atoms with van der Waals surface area (Å²) in [6.45, 7) is 1.94. The molecule has 3 aromatic rings. The molecule has 0 aliphatic carbocycles. The average Bonchev–Trinajstić information content (AvgIpc) is 3.35. The quantitative estimate of drug-likeness (QED) is 0.609. The lowest BCUT2D eigenvalue weighted by Gasteiger charge is -2.20. The van der Waals surface area contributed by atoms with E-state index in [1.165, 1.54) is 11.0 Å². The number of thioether (sulfide) groups is 1. The van der Waals surface area contributed by atoms with Crippen LogP contribution in [0.1, 0.15) is 30.3 Å². The van der Waals surface area contributed by atoms with Gasteiger partial charge >= 0.3 is 0 Å². The molecular weight excluding hydrogens is 417 g/mol. The minimum Gasteiger partial charge on any atom is -0.346 e. The number of hydrogen-bond acceptors (Lipinski definition) is 5. The Bertz CT molecular complexity index is 1120. The number of fused-ring (bicyclic) bond motifs is 1. The highest BCUT2D eigenvalue weighted by molar-refractivity contribution is 7.98. The number of halogens is 1. The van der Waals surface area contributed by atoms with E-state index in [4.69, 9.17) is 0 Å². The first-order valence-electron chi connectivity index (χ1n) is 10.1. The SMILES string of the molecule is CSCCC(NC(=O)C1CC(=O)N(c2ccc(C)cc2F)C1)c1nnc2ccccn12. The maximum Gasteiger partial charge on any atom is 0.227 e. The molecule has 1 aliphatic heterocycles. The monoisotopic (exact) mass is 441 g/mol. The molecule has 1 N–H and O–H groups in total. The highest BCUT2D eigenvalue weighted by Gasteiger charge is 2.37. The molecular formula is C22H24FN5O2S. The Kier molecular flexibility index (Phi) is 6.22. The van der Waals surface area contributed by atoms with Crippen molar-refractivity contribution in [2.45, 2.75) is 25.8 Å². The number of pyridine rings is 1. The van der Waals surface area contributed by atoms with Gasteiger partial charge in [0.15, 0.2) is 11.5 Å². The summed E-state index contributed by atoms with van der Waals surface area (Å²) in [6, 6.07) is 10.0. The third kappa shape index (κ3) is 4.41. The fourth-order valence-corrected chi connectivity index (χ4v) is 4.31. The highest BCUT2D eigenvalue weighted by atomic mass is 32.2. The van der Waals surface area contributed by atoms with Crippen LogP contribution in [0.4, 0.5) is 10.1 Å². The van der Waals surface area contributed by atoms with Crippen LogP contribution in [0.5, 0.6) is 0 Å². The molecule has 1 aliphatic rings. The molecule has 0 spiro atoms. The maximum absolute atomic E-state index is 14.4. The second kappa shape index (κ2) is 9.05. The molecule has 0 saturated carbocycles. The van der Waals surface area contributed by atoms with Gasteiger partial charge in [-0.3, -0.25) is 14.0 Å². The fourth-order valence-electron chi connectivity index (χ4n) is 3.84. The molecule has 4 rings (SSSR count). The predicted octanol–water partition coefficient (Wildman–Crippen LogP) is 3.14. The molecule has 2 unspecified atom stereocenters. The van der Waals surface area contributed by atoms with Crippen LogP contribution in [0, 0.1) is 18.7 Å². The molecule has 3 heterocycles. The third-order valence-corrected chi connectivity index (χ3v) is 6.11. The first-order chi connectivity index (χ1) is 15.0. The van der Waals surface area contributed by atoms with Crippen LogP contribution < -0.4 is 10.2 Å². The summed E-state index contributed by atoms with van der Waals surface area (Å²) < 4.78 is 16.2. The number of anilines is 1. The minimum absolute atomic E-state index is 0.0506. The Labute approximate surface area is 184 Å². The molecule has 1 saturated heterocycles. The van der Waals surface area contributed by atoms with Gasteiger partial charge < -0.3 is 10.2 Å². The number of hydrogen-bond donors (Lipinski definition) is 1. The van der Waals surface area contributed by atoms with Crippen molar-refractivity contribution in [2.24, 2.45) is 5.92 Å². The first kappa shape index (κ1) is 21.3. The zero-order valence-corrected chi connectivity index (χ0v) is 18.2. The molecule has 0 bridgehead atoms. The number of amides is 2. The van der Waals surface area contributed by atoms with E-state index in [2.05, 4.69) is 15.5 Å². The van der Waals surface area contributed by atoms with Crippen molar-refractivity contribution in [3.63, 3.8) is 0 Å². The van der Waals surface area contributed by atoms with E-state index in [-0.39, 0.29) is 36.5 Å². The van der Waals surface area contributed by atoms with E-state index < -0.39 is 11.7 Å². The zero-order chi connectivity index (χ0) is 22.0. The van der Waals surface area contributed by atoms with E-state index in [1.54, 1.807) is 30.8 Å². The number of aryl methyl sites for hydroxylation is 1. The normalized spacial score (nSPS) is 17.3. The minimum atomic E-state index is -0.552. The van der Waals surface area contributed by atoms with Crippen molar-refractivity contribution in [1.29, 1.82) is 0 Å². The van der Waals surface area contributed by atoms with Crippen molar-refractivity contribution in [3.05, 3.63) is 59.8 Å². The Morgan fingerprint density at radius 2 is 2.16 bits per heavy atom. The summed E-state index contributed by atoms with van der Waals surface area (Å²) in [4.78, 5) is 27.0. The van der Waals surface area contributed by atoms with Crippen molar-refractivity contribution < 1.29 is 14.0 Å². The molecule has 1 fully saturated rings. The number of nitrogens with zero attached hydrogens (tertiary/aromatic N) is 4. The number of rotatable bonds is 7. The van der Waals surface area contributed by atoms with Gasteiger partial charge in [0.05, 0.1) is 17.6 Å². The average molecular weight is 442 g/mol. The summed E-state index contributed by atoms with van der Waals surface area (Å²) in [5.41, 5.74) is 1.70.